The maximum atomic E-state index is 11.8. The fraction of sp³-hybridized carbons (Fsp3) is 0.818. The molecule has 1 heterocycles. The molecular formula is C11H19NO4S. The highest BCUT2D eigenvalue weighted by molar-refractivity contribution is 8.00. The van der Waals surface area contributed by atoms with Gasteiger partial charge in [-0.3, -0.25) is 4.79 Å². The molecule has 5 nitrogen and oxygen atoms in total. The average Bonchev–Trinajstić information content (AvgIpc) is 2.60. The van der Waals surface area contributed by atoms with E-state index in [-0.39, 0.29) is 6.54 Å². The minimum atomic E-state index is -0.878. The van der Waals surface area contributed by atoms with Gasteiger partial charge in [0.1, 0.15) is 10.3 Å². The maximum Gasteiger partial charge on any atom is 0.410 e. The van der Waals surface area contributed by atoms with Crippen molar-refractivity contribution in [1.82, 2.24) is 4.90 Å². The lowest BCUT2D eigenvalue weighted by Crippen LogP contribution is -2.41. The van der Waals surface area contributed by atoms with Crippen LogP contribution in [-0.4, -0.2) is 51.8 Å². The van der Waals surface area contributed by atoms with Crippen molar-refractivity contribution in [2.45, 2.75) is 37.5 Å². The molecule has 98 valence electrons. The van der Waals surface area contributed by atoms with Gasteiger partial charge in [-0.25, -0.2) is 4.79 Å². The van der Waals surface area contributed by atoms with Gasteiger partial charge in [-0.1, -0.05) is 0 Å². The number of carbonyl (C=O) groups is 2. The molecule has 0 aromatic rings. The van der Waals surface area contributed by atoms with E-state index in [2.05, 4.69) is 0 Å². The fourth-order valence-corrected chi connectivity index (χ4v) is 2.45. The molecule has 1 atom stereocenters. The number of hydrogen-bond acceptors (Lipinski definition) is 4. The van der Waals surface area contributed by atoms with E-state index in [0.29, 0.717) is 13.0 Å². The first-order valence-corrected chi connectivity index (χ1v) is 6.69. The third-order valence-electron chi connectivity index (χ3n) is 2.66. The van der Waals surface area contributed by atoms with E-state index in [1.165, 1.54) is 16.7 Å². The minimum Gasteiger partial charge on any atom is -0.480 e. The van der Waals surface area contributed by atoms with Crippen LogP contribution in [0.25, 0.3) is 0 Å². The van der Waals surface area contributed by atoms with Crippen molar-refractivity contribution in [3.8, 4) is 0 Å². The molecule has 0 bridgehead atoms. The zero-order chi connectivity index (χ0) is 13.3. The SMILES string of the molecule is CS[C@]1(C(=O)O)CCN(C(=O)OC(C)(C)C)C1. The Morgan fingerprint density at radius 2 is 2.00 bits per heavy atom. The molecule has 1 amide bonds. The number of aliphatic carboxylic acids is 1. The van der Waals surface area contributed by atoms with Crippen molar-refractivity contribution in [2.24, 2.45) is 0 Å². The molecule has 1 rings (SSSR count). The number of rotatable bonds is 2. The number of likely N-dealkylation sites (tertiary alicyclic amines) is 1. The quantitative estimate of drug-likeness (QED) is 0.821. The van der Waals surface area contributed by atoms with Crippen LogP contribution >= 0.6 is 11.8 Å². The second-order valence-corrected chi connectivity index (χ2v) is 6.35. The van der Waals surface area contributed by atoms with Crippen LogP contribution in [0.2, 0.25) is 0 Å². The molecule has 0 unspecified atom stereocenters. The van der Waals surface area contributed by atoms with Crippen molar-refractivity contribution < 1.29 is 19.4 Å². The highest BCUT2D eigenvalue weighted by Crippen LogP contribution is 2.34. The summed E-state index contributed by atoms with van der Waals surface area (Å²) in [6, 6.07) is 0. The number of carboxylic acids is 1. The second-order valence-electron chi connectivity index (χ2n) is 5.16. The monoisotopic (exact) mass is 261 g/mol. The summed E-state index contributed by atoms with van der Waals surface area (Å²) in [5, 5.41) is 9.20. The van der Waals surface area contributed by atoms with Gasteiger partial charge in [0, 0.05) is 13.1 Å². The molecule has 17 heavy (non-hydrogen) atoms. The summed E-state index contributed by atoms with van der Waals surface area (Å²) in [7, 11) is 0. The normalized spacial score (nSPS) is 24.8. The molecule has 1 aliphatic heterocycles. The van der Waals surface area contributed by atoms with Crippen LogP contribution in [0.4, 0.5) is 4.79 Å². The molecular weight excluding hydrogens is 242 g/mol. The molecule has 1 fully saturated rings. The Morgan fingerprint density at radius 1 is 1.41 bits per heavy atom. The Morgan fingerprint density at radius 3 is 2.35 bits per heavy atom. The van der Waals surface area contributed by atoms with Gasteiger partial charge in [-0.05, 0) is 33.4 Å². The standard InChI is InChI=1S/C11H19NO4S/c1-10(2,3)16-9(15)12-6-5-11(7-12,17-4)8(13)14/h5-7H2,1-4H3,(H,13,14)/t11-/m1/s1. The first kappa shape index (κ1) is 14.2. The second kappa shape index (κ2) is 4.76. The summed E-state index contributed by atoms with van der Waals surface area (Å²) in [4.78, 5) is 24.5. The van der Waals surface area contributed by atoms with Crippen LogP contribution in [-0.2, 0) is 9.53 Å². The summed E-state index contributed by atoms with van der Waals surface area (Å²) in [6.45, 7) is 6.01. The molecule has 1 N–H and O–H groups in total. The first-order chi connectivity index (χ1) is 7.70. The van der Waals surface area contributed by atoms with Crippen LogP contribution in [0.1, 0.15) is 27.2 Å². The third kappa shape index (κ3) is 3.28. The van der Waals surface area contributed by atoms with Crippen molar-refractivity contribution in [1.29, 1.82) is 0 Å². The van der Waals surface area contributed by atoms with E-state index < -0.39 is 22.4 Å². The van der Waals surface area contributed by atoms with Crippen LogP contribution in [0.15, 0.2) is 0 Å². The van der Waals surface area contributed by atoms with E-state index in [0.717, 1.165) is 0 Å². The van der Waals surface area contributed by atoms with Crippen LogP contribution in [0.5, 0.6) is 0 Å². The number of nitrogens with zero attached hydrogens (tertiary/aromatic N) is 1. The summed E-state index contributed by atoms with van der Waals surface area (Å²) in [5.74, 6) is -0.865. The summed E-state index contributed by atoms with van der Waals surface area (Å²) >= 11 is 1.28. The predicted octanol–water partition coefficient (Wildman–Crippen LogP) is 1.81. The molecule has 0 aliphatic carbocycles. The van der Waals surface area contributed by atoms with Gasteiger partial charge in [0.25, 0.3) is 0 Å². The minimum absolute atomic E-state index is 0.207. The number of ether oxygens (including phenoxy) is 1. The average molecular weight is 261 g/mol. The van der Waals surface area contributed by atoms with Crippen molar-refractivity contribution in [2.75, 3.05) is 19.3 Å². The van der Waals surface area contributed by atoms with Crippen LogP contribution in [0, 0.1) is 0 Å². The molecule has 0 aromatic carbocycles. The number of amides is 1. The van der Waals surface area contributed by atoms with Crippen molar-refractivity contribution >= 4 is 23.8 Å². The Bertz CT molecular complexity index is 326. The number of carboxylic acid groups (broad SMARTS) is 1. The Labute approximate surface area is 105 Å². The highest BCUT2D eigenvalue weighted by Gasteiger charge is 2.46. The van der Waals surface area contributed by atoms with Gasteiger partial charge >= 0.3 is 12.1 Å². The molecule has 0 spiro atoms. The summed E-state index contributed by atoms with van der Waals surface area (Å²) in [6.07, 6.45) is 1.78. The predicted molar refractivity (Wildman–Crippen MR) is 66.3 cm³/mol. The lowest BCUT2D eigenvalue weighted by molar-refractivity contribution is -0.139. The number of carbonyl (C=O) groups excluding carboxylic acids is 1. The van der Waals surface area contributed by atoms with Crippen LogP contribution < -0.4 is 0 Å². The first-order valence-electron chi connectivity index (χ1n) is 5.47. The topological polar surface area (TPSA) is 66.8 Å². The largest absolute Gasteiger partial charge is 0.480 e. The lowest BCUT2D eigenvalue weighted by Gasteiger charge is -2.26. The molecule has 0 aromatic heterocycles. The lowest BCUT2D eigenvalue weighted by atomic mass is 10.1. The van der Waals surface area contributed by atoms with Gasteiger partial charge in [0.05, 0.1) is 0 Å². The summed E-state index contributed by atoms with van der Waals surface area (Å²) in [5.41, 5.74) is -0.551. The summed E-state index contributed by atoms with van der Waals surface area (Å²) < 4.78 is 4.35. The van der Waals surface area contributed by atoms with Crippen LogP contribution in [0.3, 0.4) is 0 Å². The van der Waals surface area contributed by atoms with Crippen molar-refractivity contribution in [3.63, 3.8) is 0 Å². The zero-order valence-electron chi connectivity index (χ0n) is 10.6. The maximum absolute atomic E-state index is 11.8. The van der Waals surface area contributed by atoms with E-state index >= 15 is 0 Å². The molecule has 0 radical (unpaired) electrons. The van der Waals surface area contributed by atoms with Gasteiger partial charge in [-0.15, -0.1) is 11.8 Å². The van der Waals surface area contributed by atoms with E-state index in [4.69, 9.17) is 4.74 Å². The van der Waals surface area contributed by atoms with E-state index in [1.807, 2.05) is 0 Å². The number of hydrogen-bond donors (Lipinski definition) is 1. The van der Waals surface area contributed by atoms with E-state index in [9.17, 15) is 14.7 Å². The Balaban J connectivity index is 2.67. The molecule has 0 saturated carbocycles. The Kier molecular flexibility index (Phi) is 3.96. The van der Waals surface area contributed by atoms with Gasteiger partial charge in [-0.2, -0.15) is 0 Å². The molecule has 6 heteroatoms. The van der Waals surface area contributed by atoms with Gasteiger partial charge < -0.3 is 14.7 Å². The third-order valence-corrected chi connectivity index (χ3v) is 3.95. The van der Waals surface area contributed by atoms with Gasteiger partial charge in [0.2, 0.25) is 0 Å². The number of thioether (sulfide) groups is 1. The van der Waals surface area contributed by atoms with Crippen molar-refractivity contribution in [3.05, 3.63) is 0 Å². The van der Waals surface area contributed by atoms with Gasteiger partial charge in [0.15, 0.2) is 0 Å². The molecule has 1 saturated heterocycles. The highest BCUT2D eigenvalue weighted by atomic mass is 32.2. The Hall–Kier alpha value is -0.910. The molecule has 1 aliphatic rings. The van der Waals surface area contributed by atoms with E-state index in [1.54, 1.807) is 27.0 Å². The fourth-order valence-electron chi connectivity index (χ4n) is 1.69. The zero-order valence-corrected chi connectivity index (χ0v) is 11.5. The smallest absolute Gasteiger partial charge is 0.410 e.